The summed E-state index contributed by atoms with van der Waals surface area (Å²) in [6, 6.07) is 16.3. The van der Waals surface area contributed by atoms with Crippen molar-refractivity contribution in [2.24, 2.45) is 0 Å². The van der Waals surface area contributed by atoms with Crippen LogP contribution in [-0.2, 0) is 10.5 Å². The van der Waals surface area contributed by atoms with Gasteiger partial charge in [0.25, 0.3) is 0 Å². The molecule has 0 saturated heterocycles. The van der Waals surface area contributed by atoms with Gasteiger partial charge in [-0.3, -0.25) is 4.79 Å². The molecule has 3 nitrogen and oxygen atoms in total. The lowest BCUT2D eigenvalue weighted by molar-refractivity contribution is -0.120. The first-order valence-corrected chi connectivity index (χ1v) is 9.24. The number of carbonyl (C=O) groups is 1. The second-order valence-electron chi connectivity index (χ2n) is 5.85. The maximum Gasteiger partial charge on any atom is 0.232 e. The summed E-state index contributed by atoms with van der Waals surface area (Å²) in [5.74, 6) is 1.78. The van der Waals surface area contributed by atoms with Crippen LogP contribution < -0.4 is 10.1 Å². The fourth-order valence-corrected chi connectivity index (χ4v) is 3.08. The minimum Gasteiger partial charge on any atom is -0.491 e. The first-order valence-electron chi connectivity index (χ1n) is 8.19. The first-order chi connectivity index (χ1) is 11.6. The van der Waals surface area contributed by atoms with Crippen molar-refractivity contribution in [3.05, 3.63) is 65.2 Å². The Labute approximate surface area is 148 Å². The van der Waals surface area contributed by atoms with Gasteiger partial charge in [0.2, 0.25) is 5.91 Å². The van der Waals surface area contributed by atoms with Crippen LogP contribution in [-0.4, -0.2) is 24.3 Å². The summed E-state index contributed by atoms with van der Waals surface area (Å²) in [6.45, 7) is 7.00. The largest absolute Gasteiger partial charge is 0.491 e. The van der Waals surface area contributed by atoms with Gasteiger partial charge in [0.1, 0.15) is 12.4 Å². The molecular weight excluding hydrogens is 318 g/mol. The van der Waals surface area contributed by atoms with Crippen LogP contribution in [0.2, 0.25) is 0 Å². The molecule has 0 aliphatic rings. The Morgan fingerprint density at radius 2 is 1.92 bits per heavy atom. The molecule has 1 atom stereocenters. The number of nitrogens with one attached hydrogen (secondary N) is 1. The first kappa shape index (κ1) is 18.4. The molecule has 0 aromatic heterocycles. The molecule has 0 spiro atoms. The monoisotopic (exact) mass is 343 g/mol. The Kier molecular flexibility index (Phi) is 7.19. The Hall–Kier alpha value is -1.94. The second kappa shape index (κ2) is 9.38. The van der Waals surface area contributed by atoms with Gasteiger partial charge in [0.15, 0.2) is 0 Å². The lowest BCUT2D eigenvalue weighted by atomic mass is 10.1. The Balaban J connectivity index is 1.68. The topological polar surface area (TPSA) is 38.3 Å². The van der Waals surface area contributed by atoms with Crippen molar-refractivity contribution >= 4 is 17.7 Å². The van der Waals surface area contributed by atoms with E-state index in [9.17, 15) is 4.79 Å². The fourth-order valence-electron chi connectivity index (χ4n) is 2.21. The zero-order chi connectivity index (χ0) is 17.4. The van der Waals surface area contributed by atoms with Crippen LogP contribution in [0.1, 0.15) is 23.6 Å². The minimum atomic E-state index is -0.0779. The van der Waals surface area contributed by atoms with E-state index in [4.69, 9.17) is 4.74 Å². The average Bonchev–Trinajstić information content (AvgIpc) is 2.60. The molecule has 0 aliphatic carbocycles. The lowest BCUT2D eigenvalue weighted by Crippen LogP contribution is -2.34. The number of hydrogen-bond donors (Lipinski definition) is 1. The molecule has 0 aliphatic heterocycles. The van der Waals surface area contributed by atoms with Gasteiger partial charge in [-0.25, -0.2) is 0 Å². The number of hydrogen-bond acceptors (Lipinski definition) is 3. The molecule has 0 bridgehead atoms. The van der Waals surface area contributed by atoms with Crippen LogP contribution in [0.4, 0.5) is 0 Å². The summed E-state index contributed by atoms with van der Waals surface area (Å²) in [4.78, 5) is 12.1. The van der Waals surface area contributed by atoms with E-state index in [2.05, 4.69) is 23.5 Å². The number of ether oxygens (including phenoxy) is 1. The molecule has 4 heteroatoms. The van der Waals surface area contributed by atoms with Crippen molar-refractivity contribution in [2.75, 3.05) is 13.2 Å². The summed E-state index contributed by atoms with van der Waals surface area (Å²) in [6.07, 6.45) is 0. The number of rotatable bonds is 8. The maximum atomic E-state index is 12.1. The number of carbonyl (C=O) groups excluding carboxylic acids is 1. The molecule has 0 radical (unpaired) electrons. The maximum absolute atomic E-state index is 12.1. The van der Waals surface area contributed by atoms with E-state index in [1.165, 1.54) is 11.1 Å². The van der Waals surface area contributed by atoms with Gasteiger partial charge in [-0.05, 0) is 43.5 Å². The van der Waals surface area contributed by atoms with E-state index in [0.717, 1.165) is 17.1 Å². The van der Waals surface area contributed by atoms with E-state index < -0.39 is 0 Å². The van der Waals surface area contributed by atoms with E-state index in [0.29, 0.717) is 13.2 Å². The second-order valence-corrected chi connectivity index (χ2v) is 7.18. The van der Waals surface area contributed by atoms with Gasteiger partial charge in [-0.2, -0.15) is 0 Å². The van der Waals surface area contributed by atoms with Gasteiger partial charge in [-0.15, -0.1) is 11.8 Å². The summed E-state index contributed by atoms with van der Waals surface area (Å²) in [5, 5.41) is 2.86. The number of aryl methyl sites for hydroxylation is 2. The summed E-state index contributed by atoms with van der Waals surface area (Å²) < 4.78 is 5.76. The molecule has 2 rings (SSSR count). The molecule has 1 N–H and O–H groups in total. The van der Waals surface area contributed by atoms with Crippen molar-refractivity contribution < 1.29 is 9.53 Å². The molecule has 0 saturated carbocycles. The van der Waals surface area contributed by atoms with Crippen LogP contribution in [0.25, 0.3) is 0 Å². The predicted molar refractivity (Wildman–Crippen MR) is 102 cm³/mol. The third kappa shape index (κ3) is 5.93. The van der Waals surface area contributed by atoms with Crippen molar-refractivity contribution in [3.63, 3.8) is 0 Å². The summed E-state index contributed by atoms with van der Waals surface area (Å²) in [7, 11) is 0. The Morgan fingerprint density at radius 3 is 2.67 bits per heavy atom. The third-order valence-corrected chi connectivity index (χ3v) is 4.93. The smallest absolute Gasteiger partial charge is 0.232 e. The van der Waals surface area contributed by atoms with Crippen LogP contribution in [0.3, 0.4) is 0 Å². The van der Waals surface area contributed by atoms with Gasteiger partial charge >= 0.3 is 0 Å². The van der Waals surface area contributed by atoms with Gasteiger partial charge < -0.3 is 10.1 Å². The van der Waals surface area contributed by atoms with E-state index in [-0.39, 0.29) is 11.2 Å². The van der Waals surface area contributed by atoms with E-state index >= 15 is 0 Å². The van der Waals surface area contributed by atoms with Crippen LogP contribution in [0.15, 0.2) is 48.5 Å². The molecule has 0 heterocycles. The molecule has 1 amide bonds. The highest BCUT2D eigenvalue weighted by atomic mass is 32.2. The molecule has 24 heavy (non-hydrogen) atoms. The zero-order valence-electron chi connectivity index (χ0n) is 14.5. The normalized spacial score (nSPS) is 11.8. The zero-order valence-corrected chi connectivity index (χ0v) is 15.4. The van der Waals surface area contributed by atoms with Crippen molar-refractivity contribution in [3.8, 4) is 5.75 Å². The van der Waals surface area contributed by atoms with E-state index in [1.54, 1.807) is 11.8 Å². The Bertz CT molecular complexity index is 658. The molecule has 2 aromatic rings. The third-order valence-electron chi connectivity index (χ3n) is 3.71. The Morgan fingerprint density at radius 1 is 1.17 bits per heavy atom. The summed E-state index contributed by atoms with van der Waals surface area (Å²) in [5.41, 5.74) is 3.52. The highest BCUT2D eigenvalue weighted by molar-refractivity contribution is 7.99. The van der Waals surface area contributed by atoms with Crippen LogP contribution in [0.5, 0.6) is 5.75 Å². The SMILES string of the molecule is Cc1ccc(C)c(OCCNC(=O)[C@H](C)SCc2ccccc2)c1. The standard InChI is InChI=1S/C20H25NO2S/c1-15-9-10-16(2)19(13-15)23-12-11-21-20(22)17(3)24-14-18-7-5-4-6-8-18/h4-10,13,17H,11-12,14H2,1-3H3,(H,21,22)/t17-/m0/s1. The van der Waals surface area contributed by atoms with Gasteiger partial charge in [0, 0.05) is 5.75 Å². The molecule has 128 valence electrons. The number of thioether (sulfide) groups is 1. The highest BCUT2D eigenvalue weighted by Gasteiger charge is 2.12. The van der Waals surface area contributed by atoms with Gasteiger partial charge in [-0.1, -0.05) is 42.5 Å². The summed E-state index contributed by atoms with van der Waals surface area (Å²) >= 11 is 1.64. The quantitative estimate of drug-likeness (QED) is 0.733. The van der Waals surface area contributed by atoms with Gasteiger partial charge in [0.05, 0.1) is 11.8 Å². The van der Waals surface area contributed by atoms with Crippen LogP contribution in [0, 0.1) is 13.8 Å². The van der Waals surface area contributed by atoms with Crippen molar-refractivity contribution in [2.45, 2.75) is 31.8 Å². The predicted octanol–water partition coefficient (Wildman–Crippen LogP) is 4.12. The lowest BCUT2D eigenvalue weighted by Gasteiger charge is -2.13. The minimum absolute atomic E-state index is 0.0560. The molecule has 0 unspecified atom stereocenters. The van der Waals surface area contributed by atoms with E-state index in [1.807, 2.05) is 51.1 Å². The average molecular weight is 343 g/mol. The number of benzene rings is 2. The highest BCUT2D eigenvalue weighted by Crippen LogP contribution is 2.19. The molecular formula is C20H25NO2S. The van der Waals surface area contributed by atoms with Crippen molar-refractivity contribution in [1.82, 2.24) is 5.32 Å². The fraction of sp³-hybridized carbons (Fsp3) is 0.350. The molecule has 2 aromatic carbocycles. The van der Waals surface area contributed by atoms with Crippen molar-refractivity contribution in [1.29, 1.82) is 0 Å². The van der Waals surface area contributed by atoms with Crippen LogP contribution >= 0.6 is 11.8 Å². The molecule has 0 fully saturated rings. The number of amides is 1.